The fraction of sp³-hybridized carbons (Fsp3) is 0.741. The van der Waals surface area contributed by atoms with E-state index in [1.54, 1.807) is 4.90 Å². The van der Waals surface area contributed by atoms with Crippen molar-refractivity contribution in [2.75, 3.05) is 44.7 Å². The van der Waals surface area contributed by atoms with E-state index in [1.165, 1.54) is 5.56 Å². The van der Waals surface area contributed by atoms with Crippen molar-refractivity contribution >= 4 is 17.8 Å². The number of aromatic nitrogens is 1. The number of nitrogens with zero attached hydrogens (tertiary/aromatic N) is 3. The van der Waals surface area contributed by atoms with Crippen LogP contribution in [0.2, 0.25) is 0 Å². The van der Waals surface area contributed by atoms with Gasteiger partial charge < -0.3 is 30.3 Å². The molecule has 3 N–H and O–H groups in total. The van der Waals surface area contributed by atoms with Crippen LogP contribution in [0.3, 0.4) is 0 Å². The van der Waals surface area contributed by atoms with Crippen LogP contribution in [-0.2, 0) is 22.4 Å². The Bertz CT molecular complexity index is 896. The number of ether oxygens (including phenoxy) is 1. The van der Waals surface area contributed by atoms with Crippen molar-refractivity contribution in [3.63, 3.8) is 0 Å². The number of unbranched alkanes of at least 4 members (excludes halogenated alkanes) is 1. The summed E-state index contributed by atoms with van der Waals surface area (Å²) in [5.41, 5.74) is 2.28. The van der Waals surface area contributed by atoms with Crippen molar-refractivity contribution in [3.05, 3.63) is 23.4 Å². The van der Waals surface area contributed by atoms with Crippen molar-refractivity contribution < 1.29 is 28.2 Å². The van der Waals surface area contributed by atoms with E-state index >= 15 is 0 Å². The molecule has 0 saturated carbocycles. The van der Waals surface area contributed by atoms with E-state index in [1.807, 2.05) is 18.7 Å². The third kappa shape index (κ3) is 9.34. The molecule has 1 aromatic rings. The zero-order valence-corrected chi connectivity index (χ0v) is 22.6. The van der Waals surface area contributed by atoms with Crippen LogP contribution in [0.5, 0.6) is 0 Å². The maximum atomic E-state index is 12.8. The molecule has 11 heteroatoms. The highest BCUT2D eigenvalue weighted by molar-refractivity contribution is 5.83. The zero-order valence-electron chi connectivity index (χ0n) is 22.6. The van der Waals surface area contributed by atoms with Gasteiger partial charge >= 0.3 is 12.0 Å². The summed E-state index contributed by atoms with van der Waals surface area (Å²) in [6.07, 6.45) is 4.21. The minimum atomic E-state index is -2.52. The Hall–Kier alpha value is -2.53. The Balaban J connectivity index is 1.49. The number of likely N-dealkylation sites (tertiary alicyclic amines) is 1. The molecule has 1 fully saturated rings. The first-order chi connectivity index (χ1) is 18.2. The van der Waals surface area contributed by atoms with Crippen molar-refractivity contribution in [2.24, 2.45) is 0 Å². The third-order valence-corrected chi connectivity index (χ3v) is 7.42. The Morgan fingerprint density at radius 2 is 1.97 bits per heavy atom. The molecule has 3 heterocycles. The monoisotopic (exact) mass is 539 g/mol. The maximum absolute atomic E-state index is 12.8. The smallest absolute Gasteiger partial charge is 0.326 e. The molecule has 3 rings (SSSR count). The van der Waals surface area contributed by atoms with Crippen molar-refractivity contribution in [2.45, 2.75) is 89.8 Å². The van der Waals surface area contributed by atoms with E-state index in [9.17, 15) is 23.5 Å². The van der Waals surface area contributed by atoms with Gasteiger partial charge in [0.25, 0.3) is 6.43 Å². The normalized spacial score (nSPS) is 19.9. The van der Waals surface area contributed by atoms with E-state index in [-0.39, 0.29) is 31.1 Å². The second-order valence-electron chi connectivity index (χ2n) is 10.4. The van der Waals surface area contributed by atoms with Gasteiger partial charge in [-0.1, -0.05) is 6.07 Å². The summed E-state index contributed by atoms with van der Waals surface area (Å²) < 4.78 is 30.0. The fourth-order valence-corrected chi connectivity index (χ4v) is 5.24. The SMILES string of the molecule is C[C@@H]1CC[C@@H](C)N1C(=O)N[C@@H](CCN(CCCCc1ccc2c(n1)NCCC2)CCOCC(F)F)C(=O)O. The van der Waals surface area contributed by atoms with E-state index in [4.69, 9.17) is 9.72 Å². The number of carbonyl (C=O) groups is 2. The van der Waals surface area contributed by atoms with Gasteiger partial charge in [-0.05, 0) is 83.4 Å². The molecule has 1 aromatic heterocycles. The molecule has 0 unspecified atom stereocenters. The number of aryl methyl sites for hydroxylation is 2. The van der Waals surface area contributed by atoms with Gasteiger partial charge in [-0.3, -0.25) is 0 Å². The number of urea groups is 1. The molecule has 0 bridgehead atoms. The van der Waals surface area contributed by atoms with Gasteiger partial charge in [0.05, 0.1) is 6.61 Å². The number of amides is 2. The summed E-state index contributed by atoms with van der Waals surface area (Å²) in [4.78, 5) is 33.2. The van der Waals surface area contributed by atoms with Crippen molar-refractivity contribution in [1.82, 2.24) is 20.1 Å². The summed E-state index contributed by atoms with van der Waals surface area (Å²) in [6.45, 7) is 5.88. The number of hydrogen-bond donors (Lipinski definition) is 3. The second kappa shape index (κ2) is 15.2. The van der Waals surface area contributed by atoms with Gasteiger partial charge in [-0.2, -0.15) is 0 Å². The number of fused-ring (bicyclic) bond motifs is 1. The number of carboxylic acid groups (broad SMARTS) is 1. The molecule has 2 aliphatic heterocycles. The highest BCUT2D eigenvalue weighted by atomic mass is 19.3. The Morgan fingerprint density at radius 1 is 1.21 bits per heavy atom. The molecule has 1 saturated heterocycles. The van der Waals surface area contributed by atoms with Gasteiger partial charge in [-0.15, -0.1) is 0 Å². The summed E-state index contributed by atoms with van der Waals surface area (Å²) >= 11 is 0. The van der Waals surface area contributed by atoms with Gasteiger partial charge in [0.1, 0.15) is 18.5 Å². The van der Waals surface area contributed by atoms with Crippen molar-refractivity contribution in [1.29, 1.82) is 0 Å². The number of anilines is 1. The zero-order chi connectivity index (χ0) is 27.5. The molecule has 0 spiro atoms. The molecule has 0 aromatic carbocycles. The first-order valence-electron chi connectivity index (χ1n) is 13.9. The minimum absolute atomic E-state index is 0.0725. The van der Waals surface area contributed by atoms with Crippen LogP contribution >= 0.6 is 0 Å². The van der Waals surface area contributed by atoms with Crippen LogP contribution < -0.4 is 10.6 Å². The standard InChI is InChI=1S/C27H43F2N5O4/c1-19-8-9-20(2)34(19)27(37)32-23(26(35)36)12-15-33(16-17-38-18-24(28)29)14-4-3-7-22-11-10-21-6-5-13-30-25(21)31-22/h10-11,19-20,23-24H,3-9,12-18H2,1-2H3,(H,30,31)(H,32,37)(H,35,36)/t19-,20-,23+/m1/s1. The van der Waals surface area contributed by atoms with Crippen LogP contribution in [0.15, 0.2) is 12.1 Å². The number of carboxylic acids is 1. The highest BCUT2D eigenvalue weighted by Crippen LogP contribution is 2.23. The van der Waals surface area contributed by atoms with Gasteiger partial charge in [0.15, 0.2) is 0 Å². The molecule has 38 heavy (non-hydrogen) atoms. The molecule has 0 aliphatic carbocycles. The fourth-order valence-electron chi connectivity index (χ4n) is 5.24. The number of pyridine rings is 1. The first kappa shape index (κ1) is 30.0. The minimum Gasteiger partial charge on any atom is -0.480 e. The average molecular weight is 540 g/mol. The number of hydrogen-bond acceptors (Lipinski definition) is 6. The molecule has 2 amide bonds. The molecular weight excluding hydrogens is 496 g/mol. The lowest BCUT2D eigenvalue weighted by Gasteiger charge is -2.29. The first-order valence-corrected chi connectivity index (χ1v) is 13.9. The lowest BCUT2D eigenvalue weighted by atomic mass is 10.1. The largest absolute Gasteiger partial charge is 0.480 e. The second-order valence-corrected chi connectivity index (χ2v) is 10.4. The van der Waals surface area contributed by atoms with E-state index in [2.05, 4.69) is 22.8 Å². The highest BCUT2D eigenvalue weighted by Gasteiger charge is 2.33. The topological polar surface area (TPSA) is 107 Å². The summed E-state index contributed by atoms with van der Waals surface area (Å²) in [5, 5.41) is 15.8. The number of nitrogens with one attached hydrogen (secondary N) is 2. The van der Waals surface area contributed by atoms with Crippen LogP contribution in [0.1, 0.15) is 63.6 Å². The Labute approximate surface area is 224 Å². The van der Waals surface area contributed by atoms with Gasteiger partial charge in [0, 0.05) is 37.4 Å². The third-order valence-electron chi connectivity index (χ3n) is 7.42. The van der Waals surface area contributed by atoms with Crippen LogP contribution in [0.4, 0.5) is 19.4 Å². The lowest BCUT2D eigenvalue weighted by molar-refractivity contribution is -0.139. The maximum Gasteiger partial charge on any atom is 0.326 e. The average Bonchev–Trinajstić information content (AvgIpc) is 3.23. The molecule has 9 nitrogen and oxygen atoms in total. The van der Waals surface area contributed by atoms with E-state index in [0.717, 1.165) is 63.0 Å². The predicted molar refractivity (Wildman–Crippen MR) is 142 cm³/mol. The van der Waals surface area contributed by atoms with E-state index < -0.39 is 25.0 Å². The van der Waals surface area contributed by atoms with Crippen molar-refractivity contribution in [3.8, 4) is 0 Å². The summed E-state index contributed by atoms with van der Waals surface area (Å²) in [6, 6.07) is 2.98. The molecular formula is C27H43F2N5O4. The Kier molecular flexibility index (Phi) is 12.0. The van der Waals surface area contributed by atoms with Crippen LogP contribution in [-0.4, -0.2) is 95.8 Å². The molecule has 214 valence electrons. The van der Waals surface area contributed by atoms with Gasteiger partial charge in [-0.25, -0.2) is 23.4 Å². The number of rotatable bonds is 15. The molecule has 2 aliphatic rings. The number of alkyl halides is 2. The predicted octanol–water partition coefficient (Wildman–Crippen LogP) is 3.77. The number of halogens is 2. The lowest BCUT2D eigenvalue weighted by Crippen LogP contribution is -2.51. The number of carbonyl (C=O) groups excluding carboxylic acids is 1. The Morgan fingerprint density at radius 3 is 2.68 bits per heavy atom. The van der Waals surface area contributed by atoms with Gasteiger partial charge in [0.2, 0.25) is 0 Å². The molecule has 0 radical (unpaired) electrons. The summed E-state index contributed by atoms with van der Waals surface area (Å²) in [7, 11) is 0. The summed E-state index contributed by atoms with van der Waals surface area (Å²) in [5.74, 6) is -0.107. The molecule has 3 atom stereocenters. The quantitative estimate of drug-likeness (QED) is 0.291. The van der Waals surface area contributed by atoms with E-state index in [0.29, 0.717) is 19.6 Å². The number of aliphatic carboxylic acids is 1. The van der Waals surface area contributed by atoms with Crippen LogP contribution in [0.25, 0.3) is 0 Å². The van der Waals surface area contributed by atoms with Crippen LogP contribution in [0, 0.1) is 0 Å².